The van der Waals surface area contributed by atoms with Crippen LogP contribution in [0.25, 0.3) is 11.0 Å². The largest absolute Gasteiger partial charge is 0.368 e. The molecule has 0 atom stereocenters. The first-order valence-electron chi connectivity index (χ1n) is 6.82. The van der Waals surface area contributed by atoms with Crippen LogP contribution in [-0.4, -0.2) is 16.5 Å². The summed E-state index contributed by atoms with van der Waals surface area (Å²) in [4.78, 5) is 8.95. The first kappa shape index (κ1) is 12.6. The Morgan fingerprint density at radius 2 is 1.85 bits per heavy atom. The van der Waals surface area contributed by atoms with E-state index in [0.717, 1.165) is 29.8 Å². The highest BCUT2D eigenvalue weighted by Crippen LogP contribution is 2.11. The molecule has 1 heterocycles. The molecule has 0 amide bonds. The summed E-state index contributed by atoms with van der Waals surface area (Å²) in [6.45, 7) is 2.97. The van der Waals surface area contributed by atoms with Crippen LogP contribution in [0.5, 0.6) is 0 Å². The van der Waals surface area contributed by atoms with E-state index in [1.54, 1.807) is 6.20 Å². The van der Waals surface area contributed by atoms with Gasteiger partial charge < -0.3 is 5.32 Å². The smallest absolute Gasteiger partial charge is 0.145 e. The zero-order valence-corrected chi connectivity index (χ0v) is 11.5. The highest BCUT2D eigenvalue weighted by atomic mass is 15.0. The molecule has 2 aromatic carbocycles. The van der Waals surface area contributed by atoms with Gasteiger partial charge >= 0.3 is 0 Å². The van der Waals surface area contributed by atoms with Crippen molar-refractivity contribution in [2.24, 2.45) is 0 Å². The molecule has 20 heavy (non-hydrogen) atoms. The minimum Gasteiger partial charge on any atom is -0.368 e. The number of benzene rings is 2. The third-order valence-electron chi connectivity index (χ3n) is 3.25. The monoisotopic (exact) mass is 263 g/mol. The summed E-state index contributed by atoms with van der Waals surface area (Å²) in [5.74, 6) is 0.830. The number of fused-ring (bicyclic) bond motifs is 1. The quantitative estimate of drug-likeness (QED) is 0.781. The van der Waals surface area contributed by atoms with Crippen molar-refractivity contribution >= 4 is 16.9 Å². The fourth-order valence-electron chi connectivity index (χ4n) is 2.24. The molecule has 0 aliphatic rings. The molecule has 0 bridgehead atoms. The van der Waals surface area contributed by atoms with E-state index in [0.29, 0.717) is 0 Å². The van der Waals surface area contributed by atoms with Crippen LogP contribution in [0.15, 0.2) is 54.7 Å². The van der Waals surface area contributed by atoms with Crippen LogP contribution in [0.3, 0.4) is 0 Å². The van der Waals surface area contributed by atoms with Crippen molar-refractivity contribution < 1.29 is 0 Å². The lowest BCUT2D eigenvalue weighted by atomic mass is 10.1. The molecule has 100 valence electrons. The number of aryl methyl sites for hydroxylation is 1. The van der Waals surface area contributed by atoms with E-state index in [9.17, 15) is 0 Å². The van der Waals surface area contributed by atoms with Gasteiger partial charge in [0.25, 0.3) is 0 Å². The van der Waals surface area contributed by atoms with Crippen molar-refractivity contribution in [3.63, 3.8) is 0 Å². The van der Waals surface area contributed by atoms with E-state index in [1.807, 2.05) is 24.3 Å². The summed E-state index contributed by atoms with van der Waals surface area (Å²) in [5.41, 5.74) is 4.49. The van der Waals surface area contributed by atoms with Crippen LogP contribution in [0, 0.1) is 6.92 Å². The number of hydrogen-bond donors (Lipinski definition) is 1. The Kier molecular flexibility index (Phi) is 3.59. The molecule has 0 aliphatic heterocycles. The molecule has 0 saturated heterocycles. The Morgan fingerprint density at radius 3 is 2.70 bits per heavy atom. The van der Waals surface area contributed by atoms with Crippen molar-refractivity contribution in [1.29, 1.82) is 0 Å². The van der Waals surface area contributed by atoms with Crippen molar-refractivity contribution in [2.75, 3.05) is 11.9 Å². The van der Waals surface area contributed by atoms with Crippen molar-refractivity contribution in [3.8, 4) is 0 Å². The molecule has 0 saturated carbocycles. The van der Waals surface area contributed by atoms with Gasteiger partial charge in [0.15, 0.2) is 0 Å². The van der Waals surface area contributed by atoms with Crippen LogP contribution < -0.4 is 5.32 Å². The minimum absolute atomic E-state index is 0.830. The number of hydrogen-bond acceptors (Lipinski definition) is 3. The second kappa shape index (κ2) is 5.70. The Hall–Kier alpha value is -2.42. The van der Waals surface area contributed by atoms with Crippen LogP contribution in [0.4, 0.5) is 5.82 Å². The summed E-state index contributed by atoms with van der Waals surface area (Å²) in [7, 11) is 0. The molecular formula is C17H17N3. The van der Waals surface area contributed by atoms with Gasteiger partial charge in [0.1, 0.15) is 5.82 Å². The van der Waals surface area contributed by atoms with Gasteiger partial charge in [0.05, 0.1) is 17.2 Å². The van der Waals surface area contributed by atoms with E-state index in [-0.39, 0.29) is 0 Å². The van der Waals surface area contributed by atoms with Crippen LogP contribution >= 0.6 is 0 Å². The van der Waals surface area contributed by atoms with Gasteiger partial charge in [-0.3, -0.25) is 4.98 Å². The standard InChI is InChI=1S/C17H17N3/c1-13-5-4-6-14(11-13)9-10-18-17-12-19-15-7-2-3-8-16(15)20-17/h2-8,11-12H,9-10H2,1H3,(H,18,20). The Balaban J connectivity index is 1.65. The molecular weight excluding hydrogens is 246 g/mol. The van der Waals surface area contributed by atoms with Crippen molar-refractivity contribution in [2.45, 2.75) is 13.3 Å². The Labute approximate surface area is 118 Å². The van der Waals surface area contributed by atoms with Gasteiger partial charge in [-0.15, -0.1) is 0 Å². The SMILES string of the molecule is Cc1cccc(CCNc2cnc3ccccc3n2)c1. The molecule has 3 nitrogen and oxygen atoms in total. The highest BCUT2D eigenvalue weighted by Gasteiger charge is 1.99. The lowest BCUT2D eigenvalue weighted by Crippen LogP contribution is -2.06. The van der Waals surface area contributed by atoms with Crippen LogP contribution in [0.2, 0.25) is 0 Å². The van der Waals surface area contributed by atoms with Gasteiger partial charge in [0.2, 0.25) is 0 Å². The zero-order chi connectivity index (χ0) is 13.8. The maximum atomic E-state index is 4.55. The summed E-state index contributed by atoms with van der Waals surface area (Å²) in [6.07, 6.45) is 2.77. The Bertz CT molecular complexity index is 722. The van der Waals surface area contributed by atoms with E-state index >= 15 is 0 Å². The molecule has 0 radical (unpaired) electrons. The fourth-order valence-corrected chi connectivity index (χ4v) is 2.24. The molecule has 0 fully saturated rings. The van der Waals surface area contributed by atoms with E-state index < -0.39 is 0 Å². The van der Waals surface area contributed by atoms with Crippen molar-refractivity contribution in [1.82, 2.24) is 9.97 Å². The van der Waals surface area contributed by atoms with Gasteiger partial charge in [-0.1, -0.05) is 42.0 Å². The molecule has 0 spiro atoms. The number of rotatable bonds is 4. The number of para-hydroxylation sites is 2. The average Bonchev–Trinajstić information content (AvgIpc) is 2.47. The van der Waals surface area contributed by atoms with Gasteiger partial charge in [0, 0.05) is 6.54 Å². The van der Waals surface area contributed by atoms with E-state index in [2.05, 4.69) is 46.5 Å². The lowest BCUT2D eigenvalue weighted by Gasteiger charge is -2.06. The first-order valence-corrected chi connectivity index (χ1v) is 6.82. The van der Waals surface area contributed by atoms with Crippen LogP contribution in [-0.2, 0) is 6.42 Å². The molecule has 3 aromatic rings. The number of nitrogens with zero attached hydrogens (tertiary/aromatic N) is 2. The fraction of sp³-hybridized carbons (Fsp3) is 0.176. The zero-order valence-electron chi connectivity index (χ0n) is 11.5. The maximum Gasteiger partial charge on any atom is 0.145 e. The number of anilines is 1. The topological polar surface area (TPSA) is 37.8 Å². The van der Waals surface area contributed by atoms with Crippen LogP contribution in [0.1, 0.15) is 11.1 Å². The first-order chi connectivity index (χ1) is 9.81. The second-order valence-electron chi connectivity index (χ2n) is 4.91. The molecule has 1 N–H and O–H groups in total. The highest BCUT2D eigenvalue weighted by molar-refractivity contribution is 5.75. The number of aromatic nitrogens is 2. The summed E-state index contributed by atoms with van der Waals surface area (Å²) < 4.78 is 0. The van der Waals surface area contributed by atoms with Gasteiger partial charge in [-0.2, -0.15) is 0 Å². The predicted octanol–water partition coefficient (Wildman–Crippen LogP) is 3.59. The predicted molar refractivity (Wildman–Crippen MR) is 82.9 cm³/mol. The van der Waals surface area contributed by atoms with E-state index in [1.165, 1.54) is 11.1 Å². The molecule has 3 heteroatoms. The Morgan fingerprint density at radius 1 is 1.00 bits per heavy atom. The van der Waals surface area contributed by atoms with E-state index in [4.69, 9.17) is 0 Å². The second-order valence-corrected chi connectivity index (χ2v) is 4.91. The minimum atomic E-state index is 0.830. The lowest BCUT2D eigenvalue weighted by molar-refractivity contribution is 1.00. The molecule has 0 aliphatic carbocycles. The summed E-state index contributed by atoms with van der Waals surface area (Å²) in [6, 6.07) is 16.5. The normalized spacial score (nSPS) is 10.7. The number of nitrogens with one attached hydrogen (secondary N) is 1. The third-order valence-corrected chi connectivity index (χ3v) is 3.25. The third kappa shape index (κ3) is 2.94. The summed E-state index contributed by atoms with van der Waals surface area (Å²) >= 11 is 0. The molecule has 1 aromatic heterocycles. The van der Waals surface area contributed by atoms with Crippen molar-refractivity contribution in [3.05, 3.63) is 65.9 Å². The molecule has 0 unspecified atom stereocenters. The average molecular weight is 263 g/mol. The molecule has 3 rings (SSSR count). The van der Waals surface area contributed by atoms with Gasteiger partial charge in [-0.05, 0) is 31.0 Å². The maximum absolute atomic E-state index is 4.55. The van der Waals surface area contributed by atoms with Gasteiger partial charge in [-0.25, -0.2) is 4.98 Å². The summed E-state index contributed by atoms with van der Waals surface area (Å²) in [5, 5.41) is 3.33.